The molecule has 0 saturated carbocycles. The molecule has 0 unspecified atom stereocenters. The molecule has 0 fully saturated rings. The van der Waals surface area contributed by atoms with Crippen LogP contribution in [0.2, 0.25) is 0 Å². The molecule has 4 heteroatoms. The lowest BCUT2D eigenvalue weighted by Crippen LogP contribution is -2.23. The van der Waals surface area contributed by atoms with Gasteiger partial charge in [0.2, 0.25) is 0 Å². The largest absolute Gasteiger partial charge is 0.504 e. The summed E-state index contributed by atoms with van der Waals surface area (Å²) in [5.41, 5.74) is 2.23. The molecular weight excluding hydrogens is 312 g/mol. The molecule has 0 bridgehead atoms. The molecule has 2 rings (SSSR count). The lowest BCUT2D eigenvalue weighted by molar-refractivity contribution is 0.126. The number of benzene rings is 1. The number of nitrogens with one attached hydrogen (secondary N) is 1. The summed E-state index contributed by atoms with van der Waals surface area (Å²) in [4.78, 5) is 8.29. The van der Waals surface area contributed by atoms with Gasteiger partial charge in [-0.1, -0.05) is 47.6 Å². The Morgan fingerprint density at radius 3 is 1.96 bits per heavy atom. The van der Waals surface area contributed by atoms with Gasteiger partial charge >= 0.3 is 0 Å². The number of hydrogen-bond acceptors (Lipinski definition) is 3. The second kappa shape index (κ2) is 6.08. The Balaban J connectivity index is 2.60. The minimum atomic E-state index is -0.383. The average Bonchev–Trinajstić information content (AvgIpc) is 2.84. The molecule has 0 spiro atoms. The highest BCUT2D eigenvalue weighted by Gasteiger charge is 2.30. The van der Waals surface area contributed by atoms with E-state index in [1.807, 2.05) is 32.9 Å². The van der Waals surface area contributed by atoms with Crippen molar-refractivity contribution in [3.8, 4) is 22.9 Å². The summed E-state index contributed by atoms with van der Waals surface area (Å²) in [6.07, 6.45) is 0. The van der Waals surface area contributed by atoms with Gasteiger partial charge in [0.15, 0.2) is 11.5 Å². The predicted molar refractivity (Wildman–Crippen MR) is 103 cm³/mol. The molecule has 0 atom stereocenters. The minimum Gasteiger partial charge on any atom is -0.504 e. The first-order chi connectivity index (χ1) is 11.2. The first-order valence-electron chi connectivity index (χ1n) is 8.82. The fourth-order valence-corrected chi connectivity index (χ4v) is 2.71. The van der Waals surface area contributed by atoms with Gasteiger partial charge in [-0.3, -0.25) is 0 Å². The van der Waals surface area contributed by atoms with E-state index >= 15 is 0 Å². The number of aromatic nitrogens is 2. The van der Waals surface area contributed by atoms with Gasteiger partial charge < -0.3 is 14.8 Å². The van der Waals surface area contributed by atoms with Gasteiger partial charge in [-0.25, -0.2) is 4.98 Å². The number of rotatable bonds is 2. The molecule has 0 amide bonds. The van der Waals surface area contributed by atoms with Gasteiger partial charge in [0, 0.05) is 16.5 Å². The van der Waals surface area contributed by atoms with Crippen LogP contribution in [0.3, 0.4) is 0 Å². The van der Waals surface area contributed by atoms with E-state index in [0.717, 1.165) is 11.4 Å². The number of phenols is 1. The summed E-state index contributed by atoms with van der Waals surface area (Å²) in [7, 11) is 0. The monoisotopic (exact) mass is 344 g/mol. The molecule has 1 heterocycles. The Kier molecular flexibility index (Phi) is 4.71. The number of phenolic OH excluding ortho intramolecular Hbond substituents is 1. The number of H-pyrrole nitrogens is 1. The third kappa shape index (κ3) is 4.36. The smallest absolute Gasteiger partial charge is 0.168 e. The number of hydrogen-bond donors (Lipinski definition) is 2. The lowest BCUT2D eigenvalue weighted by Gasteiger charge is -2.24. The molecule has 138 valence electrons. The third-order valence-electron chi connectivity index (χ3n) is 3.83. The van der Waals surface area contributed by atoms with Crippen molar-refractivity contribution in [3.63, 3.8) is 0 Å². The van der Waals surface area contributed by atoms with Crippen LogP contribution >= 0.6 is 0 Å². The fourth-order valence-electron chi connectivity index (χ4n) is 2.71. The zero-order valence-corrected chi connectivity index (χ0v) is 17.0. The van der Waals surface area contributed by atoms with E-state index in [4.69, 9.17) is 9.72 Å². The standard InChI is InChI=1S/C21H32N2O2/c1-19(2,3)16-17(20(4,5)6)23-18(22-16)13-11-10-12-14(15(13)24)25-21(7,8)9/h10-12,24H,1-9H3,(H,22,23). The maximum Gasteiger partial charge on any atom is 0.168 e. The van der Waals surface area contributed by atoms with E-state index in [9.17, 15) is 5.11 Å². The third-order valence-corrected chi connectivity index (χ3v) is 3.83. The second-order valence-electron chi connectivity index (χ2n) is 9.68. The van der Waals surface area contributed by atoms with Crippen molar-refractivity contribution in [1.82, 2.24) is 9.97 Å². The summed E-state index contributed by atoms with van der Waals surface area (Å²) < 4.78 is 5.87. The molecule has 0 saturated heterocycles. The normalized spacial score (nSPS) is 13.2. The van der Waals surface area contributed by atoms with Gasteiger partial charge in [-0.15, -0.1) is 0 Å². The highest BCUT2D eigenvalue weighted by molar-refractivity contribution is 5.69. The molecule has 2 N–H and O–H groups in total. The van der Waals surface area contributed by atoms with Crippen molar-refractivity contribution in [2.75, 3.05) is 0 Å². The number of aromatic amines is 1. The van der Waals surface area contributed by atoms with Crippen LogP contribution in [0.1, 0.15) is 73.7 Å². The van der Waals surface area contributed by atoms with Crippen molar-refractivity contribution in [2.24, 2.45) is 0 Å². The first-order valence-corrected chi connectivity index (χ1v) is 8.82. The van der Waals surface area contributed by atoms with E-state index < -0.39 is 0 Å². The maximum atomic E-state index is 10.7. The average molecular weight is 344 g/mol. The first kappa shape index (κ1) is 19.4. The zero-order chi connectivity index (χ0) is 19.2. The van der Waals surface area contributed by atoms with Crippen LogP contribution in [-0.2, 0) is 10.8 Å². The Hall–Kier alpha value is -1.97. The number of para-hydroxylation sites is 1. The molecule has 0 aliphatic carbocycles. The molecule has 0 radical (unpaired) electrons. The summed E-state index contributed by atoms with van der Waals surface area (Å²) in [6, 6.07) is 5.52. The number of nitrogens with zero attached hydrogens (tertiary/aromatic N) is 1. The molecular formula is C21H32N2O2. The van der Waals surface area contributed by atoms with Crippen molar-refractivity contribution in [1.29, 1.82) is 0 Å². The van der Waals surface area contributed by atoms with Crippen LogP contribution in [0.5, 0.6) is 11.5 Å². The highest BCUT2D eigenvalue weighted by Crippen LogP contribution is 2.40. The zero-order valence-electron chi connectivity index (χ0n) is 17.0. The number of imidazole rings is 1. The van der Waals surface area contributed by atoms with Crippen molar-refractivity contribution >= 4 is 0 Å². The van der Waals surface area contributed by atoms with E-state index in [2.05, 4.69) is 46.5 Å². The quantitative estimate of drug-likeness (QED) is 0.750. The predicted octanol–water partition coefficient (Wildman–Crippen LogP) is 5.55. The van der Waals surface area contributed by atoms with E-state index in [-0.39, 0.29) is 22.2 Å². The number of ether oxygens (including phenoxy) is 1. The summed E-state index contributed by atoms with van der Waals surface area (Å²) >= 11 is 0. The van der Waals surface area contributed by atoms with E-state index in [1.54, 1.807) is 6.07 Å². The molecule has 0 aliphatic heterocycles. The van der Waals surface area contributed by atoms with Gasteiger partial charge in [0.25, 0.3) is 0 Å². The SMILES string of the molecule is CC(C)(C)Oc1cccc(-c2nc(C(C)(C)C)c(C(C)(C)C)[nH]2)c1O. The van der Waals surface area contributed by atoms with E-state index in [1.165, 1.54) is 0 Å². The lowest BCUT2D eigenvalue weighted by atomic mass is 9.82. The Morgan fingerprint density at radius 2 is 1.52 bits per heavy atom. The van der Waals surface area contributed by atoms with Crippen LogP contribution in [0.25, 0.3) is 11.4 Å². The van der Waals surface area contributed by atoms with Crippen molar-refractivity contribution in [3.05, 3.63) is 29.6 Å². The number of aromatic hydroxyl groups is 1. The molecule has 2 aromatic rings. The molecule has 0 aliphatic rings. The van der Waals surface area contributed by atoms with Gasteiger partial charge in [-0.2, -0.15) is 0 Å². The Bertz CT molecular complexity index is 722. The summed E-state index contributed by atoms with van der Waals surface area (Å²) in [6.45, 7) is 18.8. The van der Waals surface area contributed by atoms with Gasteiger partial charge in [0.1, 0.15) is 11.4 Å². The van der Waals surface area contributed by atoms with Gasteiger partial charge in [0.05, 0.1) is 11.3 Å². The maximum absolute atomic E-state index is 10.7. The topological polar surface area (TPSA) is 58.1 Å². The highest BCUT2D eigenvalue weighted by atomic mass is 16.5. The molecule has 25 heavy (non-hydrogen) atoms. The van der Waals surface area contributed by atoms with Crippen molar-refractivity contribution in [2.45, 2.75) is 78.7 Å². The summed E-state index contributed by atoms with van der Waals surface area (Å²) in [5, 5.41) is 10.7. The van der Waals surface area contributed by atoms with Crippen LogP contribution in [0.15, 0.2) is 18.2 Å². The summed E-state index contributed by atoms with van der Waals surface area (Å²) in [5.74, 6) is 1.26. The van der Waals surface area contributed by atoms with Crippen LogP contribution in [-0.4, -0.2) is 20.7 Å². The van der Waals surface area contributed by atoms with Crippen LogP contribution in [0, 0.1) is 0 Å². The van der Waals surface area contributed by atoms with E-state index in [0.29, 0.717) is 17.1 Å². The minimum absolute atomic E-state index is 0.0665. The van der Waals surface area contributed by atoms with Gasteiger partial charge in [-0.05, 0) is 32.9 Å². The second-order valence-corrected chi connectivity index (χ2v) is 9.68. The molecule has 1 aromatic heterocycles. The van der Waals surface area contributed by atoms with Crippen LogP contribution < -0.4 is 4.74 Å². The Morgan fingerprint density at radius 1 is 0.920 bits per heavy atom. The van der Waals surface area contributed by atoms with Crippen molar-refractivity contribution < 1.29 is 9.84 Å². The van der Waals surface area contributed by atoms with Crippen LogP contribution in [0.4, 0.5) is 0 Å². The molecule has 1 aromatic carbocycles. The Labute approximate surface area is 151 Å². The molecule has 4 nitrogen and oxygen atoms in total. The fraction of sp³-hybridized carbons (Fsp3) is 0.571.